The van der Waals surface area contributed by atoms with Gasteiger partial charge in [-0.05, 0) is 48.7 Å². The van der Waals surface area contributed by atoms with Gasteiger partial charge in [0.2, 0.25) is 0 Å². The number of hydrogen-bond donors (Lipinski definition) is 1. The number of hydrogen-bond acceptors (Lipinski definition) is 2. The van der Waals surface area contributed by atoms with Crippen LogP contribution in [-0.2, 0) is 5.60 Å². The third-order valence-electron chi connectivity index (χ3n) is 5.55. The zero-order valence-corrected chi connectivity index (χ0v) is 14.0. The highest BCUT2D eigenvalue weighted by atomic mass is 19.2. The van der Waals surface area contributed by atoms with Crippen molar-refractivity contribution in [2.45, 2.75) is 43.4 Å². The normalized spacial score (nSPS) is 27.6. The average Bonchev–Trinajstić information content (AvgIpc) is 2.89. The number of halogens is 3. The van der Waals surface area contributed by atoms with Crippen molar-refractivity contribution in [1.29, 1.82) is 0 Å². The van der Waals surface area contributed by atoms with Gasteiger partial charge in [-0.1, -0.05) is 12.1 Å². The molecule has 2 saturated heterocycles. The summed E-state index contributed by atoms with van der Waals surface area (Å²) in [7, 11) is 0. The predicted molar refractivity (Wildman–Crippen MR) is 88.9 cm³/mol. The lowest BCUT2D eigenvalue weighted by Gasteiger charge is -2.44. The molecule has 2 fully saturated rings. The molecular weight excluding hydrogens is 343 g/mol. The molecular formula is C20H18F3NO2. The lowest BCUT2D eigenvalue weighted by Crippen LogP contribution is -2.52. The SMILES string of the molecule is O=C(c1ccc(F)c(F)c1)N1[C@H]2CC[C@H]1CC(O)(c1ccc(F)cc1)C2. The number of aliphatic hydroxyl groups is 1. The van der Waals surface area contributed by atoms with Crippen molar-refractivity contribution in [3.05, 3.63) is 71.0 Å². The highest BCUT2D eigenvalue weighted by Crippen LogP contribution is 2.46. The smallest absolute Gasteiger partial charge is 0.254 e. The third kappa shape index (κ3) is 2.78. The lowest BCUT2D eigenvalue weighted by molar-refractivity contribution is -0.0479. The summed E-state index contributed by atoms with van der Waals surface area (Å²) < 4.78 is 39.8. The van der Waals surface area contributed by atoms with E-state index in [0.717, 1.165) is 25.0 Å². The minimum Gasteiger partial charge on any atom is -0.385 e. The van der Waals surface area contributed by atoms with E-state index < -0.39 is 17.2 Å². The topological polar surface area (TPSA) is 40.5 Å². The molecule has 3 nitrogen and oxygen atoms in total. The average molecular weight is 361 g/mol. The summed E-state index contributed by atoms with van der Waals surface area (Å²) in [4.78, 5) is 14.5. The minimum absolute atomic E-state index is 0.105. The fraction of sp³-hybridized carbons (Fsp3) is 0.350. The molecule has 2 aliphatic heterocycles. The molecule has 2 heterocycles. The van der Waals surface area contributed by atoms with E-state index in [1.165, 1.54) is 18.2 Å². The molecule has 26 heavy (non-hydrogen) atoms. The summed E-state index contributed by atoms with van der Waals surface area (Å²) in [6, 6.07) is 8.53. The van der Waals surface area contributed by atoms with Crippen LogP contribution in [0.4, 0.5) is 13.2 Å². The second kappa shape index (κ2) is 6.13. The summed E-state index contributed by atoms with van der Waals surface area (Å²) in [5, 5.41) is 11.1. The van der Waals surface area contributed by atoms with E-state index in [0.29, 0.717) is 18.4 Å². The van der Waals surface area contributed by atoms with Crippen LogP contribution in [0.1, 0.15) is 41.6 Å². The second-order valence-corrected chi connectivity index (χ2v) is 7.17. The van der Waals surface area contributed by atoms with Crippen molar-refractivity contribution in [3.8, 4) is 0 Å². The standard InChI is InChI=1S/C20H18F3NO2/c21-14-4-2-13(3-5-14)20(26)10-15-6-7-16(11-20)24(15)19(25)12-1-8-17(22)18(23)9-12/h1-5,8-9,15-16,26H,6-7,10-11H2/t15-,16-/m0/s1. The Morgan fingerprint density at radius 3 is 2.15 bits per heavy atom. The Hall–Kier alpha value is -2.34. The van der Waals surface area contributed by atoms with Crippen molar-refractivity contribution in [2.24, 2.45) is 0 Å². The third-order valence-corrected chi connectivity index (χ3v) is 5.55. The fourth-order valence-corrected chi connectivity index (χ4v) is 4.33. The molecule has 0 saturated carbocycles. The summed E-state index contributed by atoms with van der Waals surface area (Å²) in [5.74, 6) is -2.76. The van der Waals surface area contributed by atoms with Gasteiger partial charge in [0.1, 0.15) is 5.82 Å². The highest BCUT2D eigenvalue weighted by Gasteiger charge is 2.50. The van der Waals surface area contributed by atoms with Crippen LogP contribution < -0.4 is 0 Å². The number of carbonyl (C=O) groups is 1. The number of nitrogens with zero attached hydrogens (tertiary/aromatic N) is 1. The lowest BCUT2D eigenvalue weighted by atomic mass is 9.80. The van der Waals surface area contributed by atoms with Crippen LogP contribution in [0.15, 0.2) is 42.5 Å². The summed E-state index contributed by atoms with van der Waals surface area (Å²) in [5.41, 5.74) is -0.381. The Balaban J connectivity index is 1.59. The van der Waals surface area contributed by atoms with Gasteiger partial charge in [-0.2, -0.15) is 0 Å². The predicted octanol–water partition coefficient (Wildman–Crippen LogP) is 3.76. The van der Waals surface area contributed by atoms with Crippen molar-refractivity contribution in [3.63, 3.8) is 0 Å². The van der Waals surface area contributed by atoms with E-state index in [1.807, 2.05) is 0 Å². The van der Waals surface area contributed by atoms with Gasteiger partial charge in [0.25, 0.3) is 5.91 Å². The van der Waals surface area contributed by atoms with E-state index in [4.69, 9.17) is 0 Å². The van der Waals surface area contributed by atoms with Crippen LogP contribution in [0.5, 0.6) is 0 Å². The van der Waals surface area contributed by atoms with Gasteiger partial charge in [0, 0.05) is 30.5 Å². The second-order valence-electron chi connectivity index (χ2n) is 7.17. The van der Waals surface area contributed by atoms with Crippen molar-refractivity contribution in [1.82, 2.24) is 4.90 Å². The number of piperidine rings is 1. The van der Waals surface area contributed by atoms with E-state index >= 15 is 0 Å². The summed E-state index contributed by atoms with van der Waals surface area (Å²) in [6.07, 6.45) is 2.16. The molecule has 2 bridgehead atoms. The van der Waals surface area contributed by atoms with Gasteiger partial charge in [-0.3, -0.25) is 4.79 Å². The zero-order chi connectivity index (χ0) is 18.5. The van der Waals surface area contributed by atoms with Crippen molar-refractivity contribution in [2.75, 3.05) is 0 Å². The van der Waals surface area contributed by atoms with Crippen LogP contribution in [0.25, 0.3) is 0 Å². The zero-order valence-electron chi connectivity index (χ0n) is 14.0. The van der Waals surface area contributed by atoms with Crippen LogP contribution in [0.3, 0.4) is 0 Å². The number of amides is 1. The van der Waals surface area contributed by atoms with Gasteiger partial charge in [-0.15, -0.1) is 0 Å². The quantitative estimate of drug-likeness (QED) is 0.885. The van der Waals surface area contributed by atoms with Crippen LogP contribution in [-0.4, -0.2) is 28.0 Å². The van der Waals surface area contributed by atoms with E-state index in [9.17, 15) is 23.1 Å². The first-order valence-corrected chi connectivity index (χ1v) is 8.63. The molecule has 0 radical (unpaired) electrons. The molecule has 0 unspecified atom stereocenters. The van der Waals surface area contributed by atoms with Gasteiger partial charge in [0.15, 0.2) is 11.6 Å². The Bertz CT molecular complexity index is 839. The first kappa shape index (κ1) is 17.1. The molecule has 1 amide bonds. The van der Waals surface area contributed by atoms with Crippen LogP contribution in [0.2, 0.25) is 0 Å². The number of carbonyl (C=O) groups excluding carboxylic acids is 1. The van der Waals surface area contributed by atoms with Crippen molar-refractivity contribution < 1.29 is 23.1 Å². The van der Waals surface area contributed by atoms with E-state index in [1.54, 1.807) is 17.0 Å². The maximum Gasteiger partial charge on any atom is 0.254 e. The van der Waals surface area contributed by atoms with Gasteiger partial charge in [-0.25, -0.2) is 13.2 Å². The van der Waals surface area contributed by atoms with Gasteiger partial charge >= 0.3 is 0 Å². The maximum atomic E-state index is 13.5. The Morgan fingerprint density at radius 1 is 0.962 bits per heavy atom. The number of benzene rings is 2. The molecule has 6 heteroatoms. The summed E-state index contributed by atoms with van der Waals surface area (Å²) >= 11 is 0. The molecule has 0 aliphatic carbocycles. The van der Waals surface area contributed by atoms with E-state index in [2.05, 4.69) is 0 Å². The first-order valence-electron chi connectivity index (χ1n) is 8.63. The maximum absolute atomic E-state index is 13.5. The van der Waals surface area contributed by atoms with Crippen LogP contribution >= 0.6 is 0 Å². The number of rotatable bonds is 2. The molecule has 1 N–H and O–H groups in total. The molecule has 2 atom stereocenters. The molecule has 0 spiro atoms. The molecule has 0 aromatic heterocycles. The van der Waals surface area contributed by atoms with Gasteiger partial charge in [0.05, 0.1) is 5.60 Å². The Labute approximate surface area is 149 Å². The van der Waals surface area contributed by atoms with Gasteiger partial charge < -0.3 is 10.0 Å². The molecule has 2 aromatic rings. The largest absolute Gasteiger partial charge is 0.385 e. The monoisotopic (exact) mass is 361 g/mol. The molecule has 2 aromatic carbocycles. The number of fused-ring (bicyclic) bond motifs is 2. The molecule has 2 aliphatic rings. The Kier molecular flexibility index (Phi) is 4.03. The minimum atomic E-state index is -1.12. The van der Waals surface area contributed by atoms with Crippen molar-refractivity contribution >= 4 is 5.91 Å². The van der Waals surface area contributed by atoms with Crippen LogP contribution in [0, 0.1) is 17.5 Å². The highest BCUT2D eigenvalue weighted by molar-refractivity contribution is 5.95. The fourth-order valence-electron chi connectivity index (χ4n) is 4.33. The van der Waals surface area contributed by atoms with E-state index in [-0.39, 0.29) is 29.4 Å². The molecule has 4 rings (SSSR count). The first-order chi connectivity index (χ1) is 12.4. The molecule has 136 valence electrons. The Morgan fingerprint density at radius 2 is 1.58 bits per heavy atom. The summed E-state index contributed by atoms with van der Waals surface area (Å²) in [6.45, 7) is 0.